The fourth-order valence-corrected chi connectivity index (χ4v) is 2.43. The number of hydrogen-bond acceptors (Lipinski definition) is 3. The zero-order valence-electron chi connectivity index (χ0n) is 11.9. The molecule has 1 N–H and O–H groups in total. The molecular formula is C15H23N3O. The van der Waals surface area contributed by atoms with Gasteiger partial charge in [0.15, 0.2) is 0 Å². The third kappa shape index (κ3) is 4.03. The molecule has 1 fully saturated rings. The second-order valence-corrected chi connectivity index (χ2v) is 5.39. The quantitative estimate of drug-likeness (QED) is 0.895. The van der Waals surface area contributed by atoms with Gasteiger partial charge in [-0.1, -0.05) is 6.07 Å². The molecule has 1 amide bonds. The predicted molar refractivity (Wildman–Crippen MR) is 76.1 cm³/mol. The van der Waals surface area contributed by atoms with Gasteiger partial charge in [0.2, 0.25) is 5.91 Å². The van der Waals surface area contributed by atoms with E-state index in [0.717, 1.165) is 25.2 Å². The summed E-state index contributed by atoms with van der Waals surface area (Å²) in [6.45, 7) is 2.14. The summed E-state index contributed by atoms with van der Waals surface area (Å²) in [5.41, 5.74) is 2.19. The standard InChI is InChI=1S/C15H23N3O/c1-18(2)15(19)9-8-13-6-3-7-14(17-13)12-5-4-10-16-11-12/h3,6-7,12,16H,4-5,8-11H2,1-2H3. The van der Waals surface area contributed by atoms with Crippen molar-refractivity contribution in [2.75, 3.05) is 27.2 Å². The fourth-order valence-electron chi connectivity index (χ4n) is 2.43. The van der Waals surface area contributed by atoms with Crippen LogP contribution in [-0.2, 0) is 11.2 Å². The SMILES string of the molecule is CN(C)C(=O)CCc1cccc(C2CCCNC2)n1. The number of nitrogens with zero attached hydrogens (tertiary/aromatic N) is 2. The molecule has 2 rings (SSSR count). The van der Waals surface area contributed by atoms with Gasteiger partial charge in [0.25, 0.3) is 0 Å². The van der Waals surface area contributed by atoms with E-state index >= 15 is 0 Å². The number of carbonyl (C=O) groups excluding carboxylic acids is 1. The zero-order valence-corrected chi connectivity index (χ0v) is 11.9. The molecule has 1 aliphatic heterocycles. The summed E-state index contributed by atoms with van der Waals surface area (Å²) in [6.07, 6.45) is 3.69. The molecule has 1 aromatic heterocycles. The van der Waals surface area contributed by atoms with Crippen LogP contribution in [0.15, 0.2) is 18.2 Å². The third-order valence-corrected chi connectivity index (χ3v) is 3.64. The van der Waals surface area contributed by atoms with Gasteiger partial charge in [0.1, 0.15) is 0 Å². The first-order valence-electron chi connectivity index (χ1n) is 7.03. The predicted octanol–water partition coefficient (Wildman–Crippen LogP) is 1.57. The maximum atomic E-state index is 11.6. The average molecular weight is 261 g/mol. The van der Waals surface area contributed by atoms with Crippen LogP contribution in [0.3, 0.4) is 0 Å². The summed E-state index contributed by atoms with van der Waals surface area (Å²) in [6, 6.07) is 6.18. The van der Waals surface area contributed by atoms with Crippen LogP contribution in [0.4, 0.5) is 0 Å². The van der Waals surface area contributed by atoms with E-state index in [9.17, 15) is 4.79 Å². The average Bonchev–Trinajstić information content (AvgIpc) is 2.46. The topological polar surface area (TPSA) is 45.2 Å². The van der Waals surface area contributed by atoms with Gasteiger partial charge in [-0.15, -0.1) is 0 Å². The van der Waals surface area contributed by atoms with Crippen LogP contribution in [0.1, 0.15) is 36.6 Å². The third-order valence-electron chi connectivity index (χ3n) is 3.64. The van der Waals surface area contributed by atoms with Crippen molar-refractivity contribution in [3.8, 4) is 0 Å². The molecule has 0 aliphatic carbocycles. The lowest BCUT2D eigenvalue weighted by Gasteiger charge is -2.22. The van der Waals surface area contributed by atoms with E-state index < -0.39 is 0 Å². The normalized spacial score (nSPS) is 19.2. The van der Waals surface area contributed by atoms with Crippen LogP contribution in [0.25, 0.3) is 0 Å². The van der Waals surface area contributed by atoms with Gasteiger partial charge in [0.05, 0.1) is 0 Å². The van der Waals surface area contributed by atoms with Gasteiger partial charge in [-0.3, -0.25) is 9.78 Å². The minimum atomic E-state index is 0.159. The van der Waals surface area contributed by atoms with Crippen LogP contribution in [0, 0.1) is 0 Å². The van der Waals surface area contributed by atoms with Crippen molar-refractivity contribution in [2.24, 2.45) is 0 Å². The number of piperidine rings is 1. The molecule has 1 aliphatic rings. The lowest BCUT2D eigenvalue weighted by Crippen LogP contribution is -2.29. The monoisotopic (exact) mass is 261 g/mol. The Bertz CT molecular complexity index is 425. The highest BCUT2D eigenvalue weighted by atomic mass is 16.2. The molecule has 1 unspecified atom stereocenters. The number of amides is 1. The number of nitrogens with one attached hydrogen (secondary N) is 1. The molecule has 0 bridgehead atoms. The first-order chi connectivity index (χ1) is 9.16. The van der Waals surface area contributed by atoms with Crippen molar-refractivity contribution in [3.63, 3.8) is 0 Å². The van der Waals surface area contributed by atoms with E-state index in [-0.39, 0.29) is 5.91 Å². The summed E-state index contributed by atoms with van der Waals surface area (Å²) in [5, 5.41) is 3.42. The number of rotatable bonds is 4. The molecule has 0 spiro atoms. The first kappa shape index (κ1) is 14.0. The Morgan fingerprint density at radius 2 is 2.32 bits per heavy atom. The Morgan fingerprint density at radius 1 is 1.47 bits per heavy atom. The summed E-state index contributed by atoms with van der Waals surface area (Å²) in [5.74, 6) is 0.685. The van der Waals surface area contributed by atoms with Gasteiger partial charge in [-0.05, 0) is 37.9 Å². The van der Waals surface area contributed by atoms with Gasteiger partial charge < -0.3 is 10.2 Å². The Labute approximate surface area is 115 Å². The molecule has 104 valence electrons. The molecule has 1 atom stereocenters. The number of carbonyl (C=O) groups is 1. The van der Waals surface area contributed by atoms with Gasteiger partial charge in [0, 0.05) is 44.4 Å². The molecule has 0 aromatic carbocycles. The Kier molecular flexibility index (Phi) is 4.91. The lowest BCUT2D eigenvalue weighted by atomic mass is 9.95. The van der Waals surface area contributed by atoms with Crippen molar-refractivity contribution in [2.45, 2.75) is 31.6 Å². The van der Waals surface area contributed by atoms with Crippen molar-refractivity contribution in [1.29, 1.82) is 0 Å². The highest BCUT2D eigenvalue weighted by Crippen LogP contribution is 2.21. The Morgan fingerprint density at radius 3 is 3.00 bits per heavy atom. The molecule has 0 radical (unpaired) electrons. The second-order valence-electron chi connectivity index (χ2n) is 5.39. The number of hydrogen-bond donors (Lipinski definition) is 1. The van der Waals surface area contributed by atoms with E-state index in [2.05, 4.69) is 17.4 Å². The van der Waals surface area contributed by atoms with Crippen molar-refractivity contribution < 1.29 is 4.79 Å². The maximum absolute atomic E-state index is 11.6. The van der Waals surface area contributed by atoms with Crippen LogP contribution in [0.5, 0.6) is 0 Å². The molecule has 4 heteroatoms. The summed E-state index contributed by atoms with van der Waals surface area (Å²) < 4.78 is 0. The Hall–Kier alpha value is -1.42. The van der Waals surface area contributed by atoms with Crippen LogP contribution in [0.2, 0.25) is 0 Å². The number of aromatic nitrogens is 1. The molecule has 1 saturated heterocycles. The van der Waals surface area contributed by atoms with Gasteiger partial charge in [-0.2, -0.15) is 0 Å². The van der Waals surface area contributed by atoms with E-state index in [4.69, 9.17) is 4.98 Å². The molecule has 19 heavy (non-hydrogen) atoms. The summed E-state index contributed by atoms with van der Waals surface area (Å²) >= 11 is 0. The molecular weight excluding hydrogens is 238 g/mol. The van der Waals surface area contributed by atoms with E-state index in [0.29, 0.717) is 12.3 Å². The van der Waals surface area contributed by atoms with E-state index in [1.165, 1.54) is 18.5 Å². The number of aryl methyl sites for hydroxylation is 1. The Balaban J connectivity index is 1.96. The van der Waals surface area contributed by atoms with Crippen LogP contribution >= 0.6 is 0 Å². The zero-order chi connectivity index (χ0) is 13.7. The highest BCUT2D eigenvalue weighted by molar-refractivity contribution is 5.75. The fraction of sp³-hybridized carbons (Fsp3) is 0.600. The van der Waals surface area contributed by atoms with Crippen LogP contribution in [-0.4, -0.2) is 43.0 Å². The summed E-state index contributed by atoms with van der Waals surface area (Å²) in [7, 11) is 3.58. The molecule has 2 heterocycles. The molecule has 4 nitrogen and oxygen atoms in total. The smallest absolute Gasteiger partial charge is 0.222 e. The molecule has 1 aromatic rings. The minimum absolute atomic E-state index is 0.159. The van der Waals surface area contributed by atoms with E-state index in [1.54, 1.807) is 19.0 Å². The number of pyridine rings is 1. The molecule has 0 saturated carbocycles. The second kappa shape index (κ2) is 6.66. The maximum Gasteiger partial charge on any atom is 0.222 e. The van der Waals surface area contributed by atoms with Crippen molar-refractivity contribution in [1.82, 2.24) is 15.2 Å². The van der Waals surface area contributed by atoms with E-state index in [1.807, 2.05) is 6.07 Å². The van der Waals surface area contributed by atoms with Crippen molar-refractivity contribution in [3.05, 3.63) is 29.6 Å². The van der Waals surface area contributed by atoms with Gasteiger partial charge >= 0.3 is 0 Å². The lowest BCUT2D eigenvalue weighted by molar-refractivity contribution is -0.128. The summed E-state index contributed by atoms with van der Waals surface area (Å²) in [4.78, 5) is 17.9. The van der Waals surface area contributed by atoms with Crippen LogP contribution < -0.4 is 5.32 Å². The largest absolute Gasteiger partial charge is 0.349 e. The first-order valence-corrected chi connectivity index (χ1v) is 7.03. The highest BCUT2D eigenvalue weighted by Gasteiger charge is 2.16. The van der Waals surface area contributed by atoms with Crippen molar-refractivity contribution >= 4 is 5.91 Å². The minimum Gasteiger partial charge on any atom is -0.349 e. The van der Waals surface area contributed by atoms with Gasteiger partial charge in [-0.25, -0.2) is 0 Å².